The van der Waals surface area contributed by atoms with Crippen molar-refractivity contribution in [2.45, 2.75) is 31.8 Å². The van der Waals surface area contributed by atoms with Crippen molar-refractivity contribution in [2.24, 2.45) is 5.73 Å². The molecule has 0 bridgehead atoms. The molecule has 1 aliphatic carbocycles. The number of nitrogens with two attached hydrogens (primary N) is 1. The van der Waals surface area contributed by atoms with E-state index in [0.29, 0.717) is 0 Å². The highest BCUT2D eigenvalue weighted by Crippen LogP contribution is 2.53. The van der Waals surface area contributed by atoms with Crippen molar-refractivity contribution in [3.8, 4) is 33.4 Å². The Hall–Kier alpha value is -6.68. The fourth-order valence-corrected chi connectivity index (χ4v) is 8.77. The Balaban J connectivity index is 1.01. The molecule has 0 saturated heterocycles. The summed E-state index contributed by atoms with van der Waals surface area (Å²) in [6.07, 6.45) is 2.62. The van der Waals surface area contributed by atoms with Gasteiger partial charge in [0.25, 0.3) is 0 Å². The molecule has 1 unspecified atom stereocenters. The number of nitrogens with one attached hydrogen (secondary N) is 1. The Kier molecular flexibility index (Phi) is 8.20. The van der Waals surface area contributed by atoms with E-state index in [9.17, 15) is 0 Å². The van der Waals surface area contributed by atoms with E-state index in [1.165, 1.54) is 49.7 Å². The first-order valence-electron chi connectivity index (χ1n) is 19.5. The summed E-state index contributed by atoms with van der Waals surface area (Å²) in [5, 5.41) is 8.50. The molecule has 0 fully saturated rings. The minimum Gasteiger partial charge on any atom is -0.455 e. The number of benzene rings is 8. The molecule has 8 aromatic carbocycles. The van der Waals surface area contributed by atoms with Gasteiger partial charge in [0.05, 0.1) is 0 Å². The molecule has 3 heteroatoms. The van der Waals surface area contributed by atoms with Crippen LogP contribution < -0.4 is 11.1 Å². The van der Waals surface area contributed by atoms with Gasteiger partial charge in [-0.05, 0) is 91.0 Å². The van der Waals surface area contributed by atoms with Crippen LogP contribution in [-0.4, -0.2) is 0 Å². The maximum atomic E-state index is 6.82. The van der Waals surface area contributed by atoms with Gasteiger partial charge < -0.3 is 15.5 Å². The minimum atomic E-state index is -0.370. The molecule has 3 nitrogen and oxygen atoms in total. The highest BCUT2D eigenvalue weighted by molar-refractivity contribution is 6.09. The van der Waals surface area contributed by atoms with Crippen LogP contribution in [0.25, 0.3) is 71.8 Å². The summed E-state index contributed by atoms with van der Waals surface area (Å²) in [6, 6.07) is 62.9. The predicted molar refractivity (Wildman–Crippen MR) is 234 cm³/mol. The number of furan rings is 1. The van der Waals surface area contributed by atoms with Crippen LogP contribution in [0.1, 0.15) is 47.8 Å². The number of rotatable bonds is 8. The molecule has 0 radical (unpaired) electrons. The lowest BCUT2D eigenvalue weighted by Gasteiger charge is -2.22. The van der Waals surface area contributed by atoms with E-state index in [4.69, 9.17) is 10.2 Å². The van der Waals surface area contributed by atoms with Gasteiger partial charge in [-0.1, -0.05) is 178 Å². The van der Waals surface area contributed by atoms with Crippen LogP contribution in [0.2, 0.25) is 0 Å². The standard InChI is InChI=1S/C53H42N2O/c1-53(2)46-23-12-20-41(50(46)45-32-38-16-6-7-17-39(38)33-47(45)53)35-26-28-36(29-27-35)48(55-52(54)37-14-4-3-5-15-37)30-25-34-13-10-18-40(31-34)42-21-11-22-44-43-19-8-9-24-49(43)56-51(42)44/h3-24,26-33,52,55H,25,54H2,1-2H3/b48-30-. The zero-order valence-corrected chi connectivity index (χ0v) is 31.6. The first kappa shape index (κ1) is 33.9. The normalized spacial score (nSPS) is 13.9. The number of allylic oxidation sites excluding steroid dienone is 1. The summed E-state index contributed by atoms with van der Waals surface area (Å²) < 4.78 is 6.39. The van der Waals surface area contributed by atoms with Gasteiger partial charge in [0.2, 0.25) is 0 Å². The van der Waals surface area contributed by atoms with Crippen LogP contribution in [0.3, 0.4) is 0 Å². The third kappa shape index (κ3) is 5.80. The SMILES string of the molecule is CC1(C)c2cc3ccccc3cc2-c2c(-c3ccc(/C(=C/Cc4cccc(-c5cccc6c5oc5ccccc56)c4)NC(N)c4ccccc4)cc3)cccc21. The van der Waals surface area contributed by atoms with E-state index in [0.717, 1.165) is 56.3 Å². The molecule has 0 amide bonds. The lowest BCUT2D eigenvalue weighted by Crippen LogP contribution is -2.27. The highest BCUT2D eigenvalue weighted by atomic mass is 16.3. The molecule has 10 rings (SSSR count). The lowest BCUT2D eigenvalue weighted by molar-refractivity contribution is 0.661. The number of hydrogen-bond donors (Lipinski definition) is 2. The van der Waals surface area contributed by atoms with Crippen molar-refractivity contribution in [1.29, 1.82) is 0 Å². The maximum Gasteiger partial charge on any atom is 0.143 e. The second kappa shape index (κ2) is 13.6. The molecule has 1 atom stereocenters. The first-order chi connectivity index (χ1) is 27.4. The second-order valence-corrected chi connectivity index (χ2v) is 15.5. The molecule has 0 spiro atoms. The van der Waals surface area contributed by atoms with Gasteiger partial charge >= 0.3 is 0 Å². The van der Waals surface area contributed by atoms with Gasteiger partial charge in [-0.15, -0.1) is 0 Å². The summed E-state index contributed by atoms with van der Waals surface area (Å²) in [5.41, 5.74) is 23.0. The smallest absolute Gasteiger partial charge is 0.143 e. The third-order valence-corrected chi connectivity index (χ3v) is 11.7. The Morgan fingerprint density at radius 2 is 1.30 bits per heavy atom. The van der Waals surface area contributed by atoms with Crippen molar-refractivity contribution < 1.29 is 4.42 Å². The fourth-order valence-electron chi connectivity index (χ4n) is 8.77. The first-order valence-corrected chi connectivity index (χ1v) is 19.5. The van der Waals surface area contributed by atoms with Crippen LogP contribution in [-0.2, 0) is 11.8 Å². The molecule has 1 aromatic heterocycles. The Morgan fingerprint density at radius 3 is 2.14 bits per heavy atom. The van der Waals surface area contributed by atoms with Crippen LogP contribution >= 0.6 is 0 Å². The Bertz CT molecular complexity index is 2950. The van der Waals surface area contributed by atoms with Gasteiger partial charge in [0, 0.05) is 27.4 Å². The average molecular weight is 723 g/mol. The topological polar surface area (TPSA) is 51.2 Å². The summed E-state index contributed by atoms with van der Waals surface area (Å²) in [4.78, 5) is 0. The van der Waals surface area contributed by atoms with Crippen LogP contribution in [0, 0.1) is 0 Å². The Labute approximate surface area is 327 Å². The van der Waals surface area contributed by atoms with E-state index in [2.05, 4.69) is 171 Å². The summed E-state index contributed by atoms with van der Waals surface area (Å²) in [6.45, 7) is 4.71. The van der Waals surface area contributed by atoms with E-state index in [1.54, 1.807) is 0 Å². The number of para-hydroxylation sites is 2. The largest absolute Gasteiger partial charge is 0.455 e. The minimum absolute atomic E-state index is 0.0894. The molecule has 0 saturated carbocycles. The van der Waals surface area contributed by atoms with Crippen LogP contribution in [0.4, 0.5) is 0 Å². The Morgan fingerprint density at radius 1 is 0.607 bits per heavy atom. The quantitative estimate of drug-likeness (QED) is 0.154. The lowest BCUT2D eigenvalue weighted by atomic mass is 9.81. The van der Waals surface area contributed by atoms with Gasteiger partial charge in [0.15, 0.2) is 0 Å². The third-order valence-electron chi connectivity index (χ3n) is 11.7. The number of fused-ring (bicyclic) bond motifs is 7. The van der Waals surface area contributed by atoms with Gasteiger partial charge in [-0.2, -0.15) is 0 Å². The zero-order valence-electron chi connectivity index (χ0n) is 31.6. The van der Waals surface area contributed by atoms with Gasteiger partial charge in [-0.25, -0.2) is 0 Å². The highest BCUT2D eigenvalue weighted by Gasteiger charge is 2.37. The van der Waals surface area contributed by atoms with Crippen molar-refractivity contribution in [2.75, 3.05) is 0 Å². The van der Waals surface area contributed by atoms with Gasteiger partial charge in [-0.3, -0.25) is 0 Å². The second-order valence-electron chi connectivity index (χ2n) is 15.5. The van der Waals surface area contributed by atoms with Crippen molar-refractivity contribution in [3.63, 3.8) is 0 Å². The number of hydrogen-bond acceptors (Lipinski definition) is 3. The molecule has 56 heavy (non-hydrogen) atoms. The maximum absolute atomic E-state index is 6.82. The molecule has 270 valence electrons. The predicted octanol–water partition coefficient (Wildman–Crippen LogP) is 13.2. The molecule has 9 aromatic rings. The van der Waals surface area contributed by atoms with E-state index in [1.807, 2.05) is 30.3 Å². The molecule has 3 N–H and O–H groups in total. The zero-order chi connectivity index (χ0) is 37.8. The van der Waals surface area contributed by atoms with Gasteiger partial charge in [0.1, 0.15) is 17.3 Å². The molecule has 0 aliphatic heterocycles. The van der Waals surface area contributed by atoms with Crippen LogP contribution in [0.15, 0.2) is 186 Å². The van der Waals surface area contributed by atoms with E-state index < -0.39 is 0 Å². The van der Waals surface area contributed by atoms with Crippen LogP contribution in [0.5, 0.6) is 0 Å². The average Bonchev–Trinajstić information content (AvgIpc) is 3.74. The monoisotopic (exact) mass is 722 g/mol. The fraction of sp³-hybridized carbons (Fsp3) is 0.0943. The van der Waals surface area contributed by atoms with E-state index in [-0.39, 0.29) is 11.6 Å². The van der Waals surface area contributed by atoms with E-state index >= 15 is 0 Å². The summed E-state index contributed by atoms with van der Waals surface area (Å²) in [5.74, 6) is 0. The molecule has 1 heterocycles. The molecule has 1 aliphatic rings. The van der Waals surface area contributed by atoms with Crippen molar-refractivity contribution >= 4 is 38.4 Å². The summed E-state index contributed by atoms with van der Waals surface area (Å²) >= 11 is 0. The van der Waals surface area contributed by atoms with Crippen molar-refractivity contribution in [3.05, 3.63) is 210 Å². The summed E-state index contributed by atoms with van der Waals surface area (Å²) in [7, 11) is 0. The molecular weight excluding hydrogens is 681 g/mol. The van der Waals surface area contributed by atoms with Crippen molar-refractivity contribution in [1.82, 2.24) is 5.32 Å². The molecular formula is C53H42N2O.